The maximum atomic E-state index is 2.43. The van der Waals surface area contributed by atoms with Crippen LogP contribution in [0.3, 0.4) is 0 Å². The molecule has 0 radical (unpaired) electrons. The van der Waals surface area contributed by atoms with Crippen LogP contribution in [0.15, 0.2) is 0 Å². The average Bonchev–Trinajstić information content (AvgIpc) is 3.17. The smallest absolute Gasteiger partial charge is 0.00149 e. The van der Waals surface area contributed by atoms with Gasteiger partial charge in [-0.05, 0) is 345 Å². The first kappa shape index (κ1) is 43.2. The van der Waals surface area contributed by atoms with Gasteiger partial charge in [0.15, 0.2) is 0 Å². The van der Waals surface area contributed by atoms with Crippen LogP contribution >= 0.6 is 0 Å². The number of hydrogen-bond donors (Lipinski definition) is 0. The van der Waals surface area contributed by atoms with Gasteiger partial charge < -0.3 is 0 Å². The molecular formula is C56H74. The summed E-state index contributed by atoms with van der Waals surface area (Å²) in [4.78, 5) is 0. The zero-order valence-corrected chi connectivity index (χ0v) is 39.8. The van der Waals surface area contributed by atoms with Crippen LogP contribution in [0.4, 0.5) is 0 Å². The molecule has 298 valence electrons. The van der Waals surface area contributed by atoms with Crippen LogP contribution in [-0.2, 0) is 25.7 Å². The van der Waals surface area contributed by atoms with Gasteiger partial charge in [-0.1, -0.05) is 0 Å². The molecule has 0 unspecified atom stereocenters. The first-order valence-electron chi connectivity index (χ1n) is 21.3. The van der Waals surface area contributed by atoms with Gasteiger partial charge in [-0.15, -0.1) is 0 Å². The lowest BCUT2D eigenvalue weighted by molar-refractivity contribution is 0.965. The summed E-state index contributed by atoms with van der Waals surface area (Å²) in [7, 11) is 0. The molecule has 0 aliphatic heterocycles. The lowest BCUT2D eigenvalue weighted by Crippen LogP contribution is -2.13. The van der Waals surface area contributed by atoms with E-state index < -0.39 is 0 Å². The van der Waals surface area contributed by atoms with Crippen molar-refractivity contribution >= 4 is 0 Å². The minimum atomic E-state index is 0.975. The molecule has 0 saturated heterocycles. The molecule has 0 fully saturated rings. The second-order valence-electron chi connectivity index (χ2n) is 18.3. The second-order valence-corrected chi connectivity index (χ2v) is 18.3. The van der Waals surface area contributed by atoms with E-state index in [-0.39, 0.29) is 0 Å². The minimum absolute atomic E-state index is 0.975. The van der Waals surface area contributed by atoms with E-state index in [0.29, 0.717) is 0 Å². The highest BCUT2D eigenvalue weighted by Crippen LogP contribution is 2.39. The molecular weight excluding hydrogens is 673 g/mol. The molecule has 0 atom stereocenters. The Morgan fingerprint density at radius 3 is 0.357 bits per heavy atom. The molecule has 56 heavy (non-hydrogen) atoms. The third-order valence-corrected chi connectivity index (χ3v) is 16.5. The predicted octanol–water partition coefficient (Wildman–Crippen LogP) is 14.8. The summed E-state index contributed by atoms with van der Waals surface area (Å²) >= 11 is 0. The fourth-order valence-electron chi connectivity index (χ4n) is 10.4. The van der Waals surface area contributed by atoms with E-state index in [2.05, 4.69) is 152 Å². The van der Waals surface area contributed by atoms with Gasteiger partial charge in [-0.25, -0.2) is 0 Å². The average molecular weight is 747 g/mol. The third-order valence-electron chi connectivity index (χ3n) is 16.5. The van der Waals surface area contributed by atoms with Crippen molar-refractivity contribution in [3.8, 4) is 0 Å². The lowest BCUT2D eigenvalue weighted by atomic mass is 9.77. The molecule has 5 aromatic carbocycles. The zero-order chi connectivity index (χ0) is 42.1. The molecule has 0 nitrogen and oxygen atoms in total. The quantitative estimate of drug-likeness (QED) is 0.148. The van der Waals surface area contributed by atoms with Gasteiger partial charge in [-0.3, -0.25) is 0 Å². The van der Waals surface area contributed by atoms with E-state index >= 15 is 0 Å². The van der Waals surface area contributed by atoms with Crippen molar-refractivity contribution in [3.05, 3.63) is 167 Å². The van der Waals surface area contributed by atoms with Crippen molar-refractivity contribution in [1.29, 1.82) is 0 Å². The Labute approximate surface area is 343 Å². The minimum Gasteiger partial charge on any atom is -0.0447 e. The molecule has 0 heteroatoms. The third kappa shape index (κ3) is 6.92. The molecule has 0 saturated carbocycles. The molecule has 0 aromatic heterocycles. The molecule has 0 N–H and O–H groups in total. The van der Waals surface area contributed by atoms with Crippen molar-refractivity contribution in [3.63, 3.8) is 0 Å². The number of benzene rings is 5. The van der Waals surface area contributed by atoms with Crippen LogP contribution in [0.25, 0.3) is 0 Å². The predicted molar refractivity (Wildman–Crippen MR) is 248 cm³/mol. The maximum Gasteiger partial charge on any atom is -0.00149 e. The largest absolute Gasteiger partial charge is 0.0447 e. The molecule has 0 bridgehead atoms. The first-order valence-corrected chi connectivity index (χ1v) is 21.3. The van der Waals surface area contributed by atoms with Gasteiger partial charge in [0, 0.05) is 0 Å². The normalized spacial score (nSPS) is 11.7. The Bertz CT molecular complexity index is 2230. The molecule has 5 aromatic rings. The van der Waals surface area contributed by atoms with Gasteiger partial charge in [0.2, 0.25) is 0 Å². The summed E-state index contributed by atoms with van der Waals surface area (Å²) in [6, 6.07) is 0. The van der Waals surface area contributed by atoms with Gasteiger partial charge >= 0.3 is 0 Å². The van der Waals surface area contributed by atoms with Crippen molar-refractivity contribution in [2.75, 3.05) is 0 Å². The molecule has 0 aliphatic carbocycles. The van der Waals surface area contributed by atoms with Gasteiger partial charge in [0.1, 0.15) is 0 Å². The second kappa shape index (κ2) is 15.8. The van der Waals surface area contributed by atoms with Crippen molar-refractivity contribution in [1.82, 2.24) is 0 Å². The Kier molecular flexibility index (Phi) is 12.2. The van der Waals surface area contributed by atoms with Gasteiger partial charge in [-0.2, -0.15) is 0 Å². The SMILES string of the molecule is Cc1c(C)c(C)c(Cc2c(C)c(C)c(C)c(Cc3c(C)c(C)c(C)c(Cc4c(C)c(C)c(C)c(Cc5c(C)c(C)c(C)c(C)c5C)c4C)c3C)c2C)c(C)c1C. The number of rotatable bonds is 8. The molecule has 0 spiro atoms. The summed E-state index contributed by atoms with van der Waals surface area (Å²) in [5.41, 5.74) is 44.3. The van der Waals surface area contributed by atoms with Crippen LogP contribution in [-0.4, -0.2) is 0 Å². The van der Waals surface area contributed by atoms with E-state index in [4.69, 9.17) is 0 Å². The van der Waals surface area contributed by atoms with Crippen LogP contribution in [0.5, 0.6) is 0 Å². The molecule has 0 heterocycles. The van der Waals surface area contributed by atoms with Crippen LogP contribution in [0.1, 0.15) is 167 Å². The van der Waals surface area contributed by atoms with Gasteiger partial charge in [0.05, 0.1) is 0 Å². The summed E-state index contributed by atoms with van der Waals surface area (Å²) in [5, 5.41) is 0. The highest BCUT2D eigenvalue weighted by atomic mass is 14.3. The summed E-state index contributed by atoms with van der Waals surface area (Å²) < 4.78 is 0. The van der Waals surface area contributed by atoms with E-state index in [1.807, 2.05) is 0 Å². The van der Waals surface area contributed by atoms with Crippen LogP contribution in [0.2, 0.25) is 0 Å². The zero-order valence-electron chi connectivity index (χ0n) is 39.8. The summed E-state index contributed by atoms with van der Waals surface area (Å²) in [5.74, 6) is 0. The fraction of sp³-hybridized carbons (Fsp3) is 0.464. The molecule has 0 aliphatic rings. The van der Waals surface area contributed by atoms with E-state index in [1.54, 1.807) is 0 Å². The highest BCUT2D eigenvalue weighted by molar-refractivity contribution is 5.61. The lowest BCUT2D eigenvalue weighted by Gasteiger charge is -2.27. The Hall–Kier alpha value is -3.90. The van der Waals surface area contributed by atoms with Gasteiger partial charge in [0.25, 0.3) is 0 Å². The van der Waals surface area contributed by atoms with E-state index in [9.17, 15) is 0 Å². The molecule has 5 rings (SSSR count). The fourth-order valence-corrected chi connectivity index (χ4v) is 10.4. The topological polar surface area (TPSA) is 0 Å². The number of hydrogen-bond acceptors (Lipinski definition) is 0. The van der Waals surface area contributed by atoms with Crippen molar-refractivity contribution in [2.24, 2.45) is 0 Å². The summed E-state index contributed by atoms with van der Waals surface area (Å²) in [6.45, 7) is 51.8. The van der Waals surface area contributed by atoms with Crippen molar-refractivity contribution < 1.29 is 0 Å². The van der Waals surface area contributed by atoms with Crippen molar-refractivity contribution in [2.45, 2.75) is 178 Å². The first-order chi connectivity index (χ1) is 26.0. The Morgan fingerprint density at radius 2 is 0.214 bits per heavy atom. The van der Waals surface area contributed by atoms with Crippen LogP contribution in [0, 0.1) is 152 Å². The summed E-state index contributed by atoms with van der Waals surface area (Å²) in [6.07, 6.45) is 3.94. The monoisotopic (exact) mass is 747 g/mol. The van der Waals surface area contributed by atoms with E-state index in [1.165, 1.54) is 167 Å². The Balaban J connectivity index is 1.66. The maximum absolute atomic E-state index is 2.43. The highest BCUT2D eigenvalue weighted by Gasteiger charge is 2.24. The molecule has 0 amide bonds. The standard InChI is InChI=1S/C56H74/c1-27-29(3)36(10)49(37(11)30(27)4)23-51-40(14)33(7)42(16)53(46(51)20)25-55-44(18)35(9)45(19)56(48(55)22)26-54-43(17)34(8)41(15)52(47(54)21)24-50-38(12)31(5)28(2)32(6)39(50)13/h23-26H2,1-22H3. The van der Waals surface area contributed by atoms with Crippen LogP contribution < -0.4 is 0 Å². The van der Waals surface area contributed by atoms with E-state index in [0.717, 1.165) is 25.7 Å². The Morgan fingerprint density at radius 1 is 0.125 bits per heavy atom.